The van der Waals surface area contributed by atoms with Crippen molar-refractivity contribution in [1.29, 1.82) is 0 Å². The molecular weight excluding hydrogens is 573 g/mol. The van der Waals surface area contributed by atoms with Crippen LogP contribution in [0.25, 0.3) is 17.1 Å². The van der Waals surface area contributed by atoms with Gasteiger partial charge in [0.1, 0.15) is 10.7 Å². The van der Waals surface area contributed by atoms with Crippen LogP contribution in [0.2, 0.25) is 0 Å². The predicted octanol–water partition coefficient (Wildman–Crippen LogP) is 7.27. The molecule has 0 N–H and O–H groups in total. The Bertz CT molecular complexity index is 1770. The highest BCUT2D eigenvalue weighted by Crippen LogP contribution is 2.30. The molecule has 6 rings (SSSR count). The van der Waals surface area contributed by atoms with Crippen molar-refractivity contribution < 1.29 is 4.79 Å². The predicted molar refractivity (Wildman–Crippen MR) is 172 cm³/mol. The number of hydrogen-bond acceptors (Lipinski definition) is 7. The first kappa shape index (κ1) is 28.5. The van der Waals surface area contributed by atoms with Gasteiger partial charge in [0.15, 0.2) is 11.0 Å². The Hall–Kier alpha value is -4.60. The highest BCUT2D eigenvalue weighted by Gasteiger charge is 2.21. The lowest BCUT2D eigenvalue weighted by Gasteiger charge is -2.22. The van der Waals surface area contributed by atoms with E-state index in [0.717, 1.165) is 39.2 Å². The first-order valence-corrected chi connectivity index (χ1v) is 15.9. The number of thioether (sulfide) groups is 1. The summed E-state index contributed by atoms with van der Waals surface area (Å²) in [7, 11) is 0. The quantitative estimate of drug-likeness (QED) is 0.145. The first-order chi connectivity index (χ1) is 21.1. The van der Waals surface area contributed by atoms with E-state index in [2.05, 4.69) is 70.6 Å². The number of carbonyl (C=O) groups excluding carboxylic acids is 1. The van der Waals surface area contributed by atoms with Gasteiger partial charge < -0.3 is 4.90 Å². The van der Waals surface area contributed by atoms with Crippen LogP contribution >= 0.6 is 23.1 Å². The van der Waals surface area contributed by atoms with E-state index in [1.165, 1.54) is 22.5 Å². The maximum absolute atomic E-state index is 13.7. The van der Waals surface area contributed by atoms with E-state index in [1.807, 2.05) is 63.4 Å². The van der Waals surface area contributed by atoms with E-state index < -0.39 is 0 Å². The van der Waals surface area contributed by atoms with Gasteiger partial charge in [-0.1, -0.05) is 90.1 Å². The zero-order valence-corrected chi connectivity index (χ0v) is 25.3. The molecule has 9 heteroatoms. The van der Waals surface area contributed by atoms with Gasteiger partial charge in [0, 0.05) is 42.1 Å². The highest BCUT2D eigenvalue weighted by atomic mass is 32.2. The Morgan fingerprint density at radius 1 is 0.884 bits per heavy atom. The van der Waals surface area contributed by atoms with Gasteiger partial charge in [-0.05, 0) is 48.7 Å². The molecule has 1 amide bonds. The van der Waals surface area contributed by atoms with Gasteiger partial charge in [0.05, 0.1) is 5.75 Å². The summed E-state index contributed by atoms with van der Waals surface area (Å²) in [4.78, 5) is 24.6. The maximum Gasteiger partial charge on any atom is 0.273 e. The van der Waals surface area contributed by atoms with Gasteiger partial charge in [-0.2, -0.15) is 0 Å². The molecule has 0 spiro atoms. The molecule has 3 aromatic carbocycles. The van der Waals surface area contributed by atoms with E-state index in [4.69, 9.17) is 4.98 Å². The zero-order chi connectivity index (χ0) is 29.4. The molecule has 7 nitrogen and oxygen atoms in total. The van der Waals surface area contributed by atoms with Crippen molar-refractivity contribution >= 4 is 29.0 Å². The van der Waals surface area contributed by atoms with Crippen molar-refractivity contribution in [2.75, 3.05) is 6.54 Å². The maximum atomic E-state index is 13.7. The third kappa shape index (κ3) is 7.07. The van der Waals surface area contributed by atoms with Gasteiger partial charge in [-0.15, -0.1) is 21.5 Å². The lowest BCUT2D eigenvalue weighted by atomic mass is 10.1. The molecule has 0 radical (unpaired) electrons. The van der Waals surface area contributed by atoms with Crippen LogP contribution in [0, 0.1) is 6.92 Å². The molecule has 0 aliphatic heterocycles. The largest absolute Gasteiger partial charge is 0.333 e. The lowest BCUT2D eigenvalue weighted by Crippen LogP contribution is -2.32. The standard InChI is InChI=1S/C34H30N6OS2/c1-25-14-16-29(17-15-25)40-32(28-13-8-19-35-21-28)37-38-34(40)43-24-31-36-30(23-42-31)33(41)39(22-27-11-6-3-7-12-27)20-18-26-9-4-2-5-10-26/h2-17,19,21,23H,18,20,22,24H2,1H3. The number of aromatic nitrogens is 5. The van der Waals surface area contributed by atoms with Gasteiger partial charge in [0.25, 0.3) is 5.91 Å². The summed E-state index contributed by atoms with van der Waals surface area (Å²) in [5, 5.41) is 12.5. The van der Waals surface area contributed by atoms with Crippen molar-refractivity contribution in [3.63, 3.8) is 0 Å². The van der Waals surface area contributed by atoms with E-state index in [-0.39, 0.29) is 5.91 Å². The summed E-state index contributed by atoms with van der Waals surface area (Å²) >= 11 is 3.05. The van der Waals surface area contributed by atoms with Gasteiger partial charge in [-0.3, -0.25) is 14.3 Å². The van der Waals surface area contributed by atoms with Crippen LogP contribution in [0.3, 0.4) is 0 Å². The zero-order valence-electron chi connectivity index (χ0n) is 23.7. The number of amides is 1. The fourth-order valence-corrected chi connectivity index (χ4v) is 6.44. The normalized spacial score (nSPS) is 11.0. The van der Waals surface area contributed by atoms with Crippen molar-refractivity contribution in [3.8, 4) is 17.1 Å². The van der Waals surface area contributed by atoms with Crippen molar-refractivity contribution in [2.24, 2.45) is 0 Å². The van der Waals surface area contributed by atoms with E-state index >= 15 is 0 Å². The molecule has 3 aromatic heterocycles. The third-order valence-electron chi connectivity index (χ3n) is 6.96. The van der Waals surface area contributed by atoms with E-state index in [0.29, 0.717) is 24.5 Å². The molecule has 0 fully saturated rings. The Balaban J connectivity index is 1.20. The van der Waals surface area contributed by atoms with Crippen LogP contribution < -0.4 is 0 Å². The van der Waals surface area contributed by atoms with Gasteiger partial charge >= 0.3 is 0 Å². The number of thiazole rings is 1. The summed E-state index contributed by atoms with van der Waals surface area (Å²) in [6.07, 6.45) is 4.32. The number of benzene rings is 3. The Morgan fingerprint density at radius 3 is 2.35 bits per heavy atom. The molecule has 0 aliphatic rings. The molecule has 0 bridgehead atoms. The van der Waals surface area contributed by atoms with Gasteiger partial charge in [0.2, 0.25) is 0 Å². The second-order valence-electron chi connectivity index (χ2n) is 10.1. The summed E-state index contributed by atoms with van der Waals surface area (Å²) in [5.74, 6) is 1.23. The van der Waals surface area contributed by atoms with Crippen LogP contribution in [0.1, 0.15) is 32.2 Å². The number of pyridine rings is 1. The summed E-state index contributed by atoms with van der Waals surface area (Å²) in [6.45, 7) is 3.21. The number of carbonyl (C=O) groups is 1. The first-order valence-electron chi connectivity index (χ1n) is 14.0. The second kappa shape index (κ2) is 13.6. The topological polar surface area (TPSA) is 76.8 Å². The van der Waals surface area contributed by atoms with Crippen LogP contribution in [0.15, 0.2) is 120 Å². The summed E-state index contributed by atoms with van der Waals surface area (Å²) in [6, 6.07) is 32.5. The molecule has 214 valence electrons. The van der Waals surface area contributed by atoms with E-state index in [1.54, 1.807) is 24.2 Å². The lowest BCUT2D eigenvalue weighted by molar-refractivity contribution is 0.0740. The van der Waals surface area contributed by atoms with Crippen LogP contribution in [0.5, 0.6) is 0 Å². The smallest absolute Gasteiger partial charge is 0.273 e. The second-order valence-corrected chi connectivity index (χ2v) is 12.0. The fraction of sp³-hybridized carbons (Fsp3) is 0.147. The van der Waals surface area contributed by atoms with Gasteiger partial charge in [-0.25, -0.2) is 4.98 Å². The van der Waals surface area contributed by atoms with Crippen LogP contribution in [-0.2, 0) is 18.7 Å². The number of nitrogens with zero attached hydrogens (tertiary/aromatic N) is 6. The molecule has 0 saturated heterocycles. The third-order valence-corrected chi connectivity index (χ3v) is 8.93. The molecule has 0 unspecified atom stereocenters. The van der Waals surface area contributed by atoms with Crippen LogP contribution in [-0.4, -0.2) is 42.1 Å². The van der Waals surface area contributed by atoms with E-state index in [9.17, 15) is 4.79 Å². The van der Waals surface area contributed by atoms with Crippen LogP contribution in [0.4, 0.5) is 0 Å². The Kier molecular flexibility index (Phi) is 9.01. The SMILES string of the molecule is Cc1ccc(-n2c(SCc3nc(C(=O)N(CCc4ccccc4)Cc4ccccc4)cs3)nnc2-c2cccnc2)cc1. The number of aryl methyl sites for hydroxylation is 1. The number of rotatable bonds is 11. The monoisotopic (exact) mass is 602 g/mol. The molecule has 0 atom stereocenters. The Labute approximate surface area is 259 Å². The average molecular weight is 603 g/mol. The fourth-order valence-electron chi connectivity index (χ4n) is 4.70. The van der Waals surface area contributed by atoms with Crippen molar-refractivity contribution in [3.05, 3.63) is 142 Å². The molecule has 6 aromatic rings. The average Bonchev–Trinajstić information content (AvgIpc) is 3.71. The molecular formula is C34H30N6OS2. The molecule has 0 saturated carbocycles. The van der Waals surface area contributed by atoms with Crippen molar-refractivity contribution in [1.82, 2.24) is 29.6 Å². The highest BCUT2D eigenvalue weighted by molar-refractivity contribution is 7.98. The minimum atomic E-state index is -0.0611. The minimum absolute atomic E-state index is 0.0611. The summed E-state index contributed by atoms with van der Waals surface area (Å²) in [5.41, 5.74) is 5.81. The summed E-state index contributed by atoms with van der Waals surface area (Å²) < 4.78 is 2.05. The van der Waals surface area contributed by atoms with Crippen molar-refractivity contribution in [2.45, 2.75) is 30.8 Å². The minimum Gasteiger partial charge on any atom is -0.333 e. The Morgan fingerprint density at radius 2 is 1.63 bits per heavy atom. The molecule has 0 aliphatic carbocycles. The number of hydrogen-bond donors (Lipinski definition) is 0. The molecule has 43 heavy (non-hydrogen) atoms. The molecule has 3 heterocycles.